The van der Waals surface area contributed by atoms with Crippen molar-refractivity contribution in [3.63, 3.8) is 0 Å². The minimum Gasteiger partial charge on any atom is -0.327 e. The summed E-state index contributed by atoms with van der Waals surface area (Å²) in [5.74, 6) is 1.52. The lowest BCUT2D eigenvalue weighted by atomic mass is 9.79. The molecule has 3 rings (SSSR count). The second kappa shape index (κ2) is 5.74. The Balaban J connectivity index is 1.79. The first-order valence-electron chi connectivity index (χ1n) is 7.37. The van der Waals surface area contributed by atoms with Crippen LogP contribution >= 0.6 is 11.8 Å². The summed E-state index contributed by atoms with van der Waals surface area (Å²) in [6.07, 6.45) is 5.59. The number of rotatable bonds is 3. The first-order valence-corrected chi connectivity index (χ1v) is 8.25. The van der Waals surface area contributed by atoms with Gasteiger partial charge in [-0.15, -0.1) is 10.2 Å². The molecule has 3 atom stereocenters. The van der Waals surface area contributed by atoms with E-state index in [1.165, 1.54) is 12.8 Å². The molecule has 0 spiro atoms. The predicted octanol–water partition coefficient (Wildman–Crippen LogP) is 2.97. The number of fused-ring (bicyclic) bond motifs is 1. The van der Waals surface area contributed by atoms with Crippen molar-refractivity contribution < 1.29 is 0 Å². The molecule has 5 heteroatoms. The van der Waals surface area contributed by atoms with E-state index in [0.29, 0.717) is 5.25 Å². The maximum absolute atomic E-state index is 6.32. The minimum atomic E-state index is 0.270. The number of hydrogen-bond acceptors (Lipinski definition) is 4. The summed E-state index contributed by atoms with van der Waals surface area (Å²) in [6.45, 7) is 4.63. The highest BCUT2D eigenvalue weighted by atomic mass is 32.2. The number of thioether (sulfide) groups is 1. The average molecular weight is 290 g/mol. The van der Waals surface area contributed by atoms with Crippen LogP contribution in [0.25, 0.3) is 5.65 Å². The molecule has 1 aliphatic rings. The van der Waals surface area contributed by atoms with Crippen molar-refractivity contribution in [3.8, 4) is 0 Å². The van der Waals surface area contributed by atoms with Crippen molar-refractivity contribution >= 4 is 17.4 Å². The Bertz CT molecular complexity index is 580. The predicted molar refractivity (Wildman–Crippen MR) is 82.8 cm³/mol. The highest BCUT2D eigenvalue weighted by molar-refractivity contribution is 7.99. The van der Waals surface area contributed by atoms with Gasteiger partial charge in [0, 0.05) is 17.5 Å². The SMILES string of the molecule is CC(C)C1CCC(N)C(Sc2nnc3ccccn23)C1. The van der Waals surface area contributed by atoms with E-state index < -0.39 is 0 Å². The fraction of sp³-hybridized carbons (Fsp3) is 0.600. The standard InChI is InChI=1S/C15H22N4S/c1-10(2)11-6-7-12(16)13(9-11)20-15-18-17-14-5-3-4-8-19(14)15/h3-5,8,10-13H,6-7,9,16H2,1-2H3. The highest BCUT2D eigenvalue weighted by Gasteiger charge is 2.31. The third kappa shape index (κ3) is 2.69. The maximum Gasteiger partial charge on any atom is 0.195 e. The van der Waals surface area contributed by atoms with Gasteiger partial charge >= 0.3 is 0 Å². The second-order valence-electron chi connectivity index (χ2n) is 6.05. The van der Waals surface area contributed by atoms with Gasteiger partial charge < -0.3 is 5.73 Å². The third-order valence-corrected chi connectivity index (χ3v) is 5.70. The Morgan fingerprint density at radius 2 is 2.15 bits per heavy atom. The lowest BCUT2D eigenvalue weighted by Crippen LogP contribution is -2.39. The van der Waals surface area contributed by atoms with E-state index in [2.05, 4.69) is 28.4 Å². The van der Waals surface area contributed by atoms with Gasteiger partial charge in [-0.2, -0.15) is 0 Å². The van der Waals surface area contributed by atoms with Crippen molar-refractivity contribution in [2.24, 2.45) is 17.6 Å². The van der Waals surface area contributed by atoms with Crippen molar-refractivity contribution in [1.82, 2.24) is 14.6 Å². The molecule has 1 aliphatic carbocycles. The highest BCUT2D eigenvalue weighted by Crippen LogP contribution is 2.37. The molecule has 4 nitrogen and oxygen atoms in total. The molecule has 0 radical (unpaired) electrons. The molecule has 1 fully saturated rings. The minimum absolute atomic E-state index is 0.270. The van der Waals surface area contributed by atoms with Crippen LogP contribution in [-0.2, 0) is 0 Å². The van der Waals surface area contributed by atoms with Gasteiger partial charge in [0.2, 0.25) is 0 Å². The zero-order chi connectivity index (χ0) is 14.1. The van der Waals surface area contributed by atoms with Crippen LogP contribution in [0.1, 0.15) is 33.1 Å². The van der Waals surface area contributed by atoms with Crippen LogP contribution < -0.4 is 5.73 Å². The molecule has 108 valence electrons. The molecule has 0 bridgehead atoms. The summed E-state index contributed by atoms with van der Waals surface area (Å²) in [4.78, 5) is 0. The lowest BCUT2D eigenvalue weighted by molar-refractivity contribution is 0.266. The molecule has 2 heterocycles. The summed E-state index contributed by atoms with van der Waals surface area (Å²) in [6, 6.07) is 6.25. The fourth-order valence-electron chi connectivity index (χ4n) is 2.96. The Morgan fingerprint density at radius 3 is 2.95 bits per heavy atom. The van der Waals surface area contributed by atoms with Gasteiger partial charge in [0.15, 0.2) is 10.8 Å². The second-order valence-corrected chi connectivity index (χ2v) is 7.26. The van der Waals surface area contributed by atoms with E-state index in [1.807, 2.05) is 24.4 Å². The first kappa shape index (κ1) is 13.9. The summed E-state index contributed by atoms with van der Waals surface area (Å²) >= 11 is 1.79. The molecular weight excluding hydrogens is 268 g/mol. The molecular formula is C15H22N4S. The van der Waals surface area contributed by atoms with E-state index in [4.69, 9.17) is 5.73 Å². The van der Waals surface area contributed by atoms with E-state index >= 15 is 0 Å². The maximum atomic E-state index is 6.32. The quantitative estimate of drug-likeness (QED) is 0.944. The van der Waals surface area contributed by atoms with Gasteiger partial charge in [0.1, 0.15) is 0 Å². The van der Waals surface area contributed by atoms with Crippen molar-refractivity contribution in [1.29, 1.82) is 0 Å². The van der Waals surface area contributed by atoms with Gasteiger partial charge in [-0.05, 0) is 43.2 Å². The van der Waals surface area contributed by atoms with Crippen LogP contribution in [0.4, 0.5) is 0 Å². The largest absolute Gasteiger partial charge is 0.327 e. The van der Waals surface area contributed by atoms with Gasteiger partial charge in [-0.25, -0.2) is 0 Å². The molecule has 2 aromatic rings. The van der Waals surface area contributed by atoms with Gasteiger partial charge in [0.25, 0.3) is 0 Å². The zero-order valence-electron chi connectivity index (χ0n) is 12.1. The van der Waals surface area contributed by atoms with Crippen LogP contribution in [0.5, 0.6) is 0 Å². The van der Waals surface area contributed by atoms with Crippen LogP contribution in [0.2, 0.25) is 0 Å². The summed E-state index contributed by atoms with van der Waals surface area (Å²) in [5, 5.41) is 9.94. The van der Waals surface area contributed by atoms with Crippen LogP contribution in [-0.4, -0.2) is 25.9 Å². The third-order valence-electron chi connectivity index (χ3n) is 4.37. The molecule has 2 N–H and O–H groups in total. The van der Waals surface area contributed by atoms with Crippen molar-refractivity contribution in [2.45, 2.75) is 49.6 Å². The summed E-state index contributed by atoms with van der Waals surface area (Å²) in [7, 11) is 0. The Kier molecular flexibility index (Phi) is 3.98. The first-order chi connectivity index (χ1) is 9.65. The average Bonchev–Trinajstić information content (AvgIpc) is 2.84. The zero-order valence-corrected chi connectivity index (χ0v) is 12.9. The Labute approximate surface area is 124 Å². The Morgan fingerprint density at radius 1 is 1.30 bits per heavy atom. The molecule has 2 aromatic heterocycles. The molecule has 20 heavy (non-hydrogen) atoms. The van der Waals surface area contributed by atoms with Crippen LogP contribution in [0.3, 0.4) is 0 Å². The van der Waals surface area contributed by atoms with E-state index in [1.54, 1.807) is 11.8 Å². The lowest BCUT2D eigenvalue weighted by Gasteiger charge is -2.35. The van der Waals surface area contributed by atoms with E-state index in [9.17, 15) is 0 Å². The number of pyridine rings is 1. The topological polar surface area (TPSA) is 56.2 Å². The summed E-state index contributed by atoms with van der Waals surface area (Å²) in [5.41, 5.74) is 7.23. The van der Waals surface area contributed by atoms with Crippen LogP contribution in [0, 0.1) is 11.8 Å². The summed E-state index contributed by atoms with van der Waals surface area (Å²) < 4.78 is 2.05. The monoisotopic (exact) mass is 290 g/mol. The van der Waals surface area contributed by atoms with Gasteiger partial charge in [0.05, 0.1) is 0 Å². The number of aromatic nitrogens is 3. The number of nitrogens with zero attached hydrogens (tertiary/aromatic N) is 3. The van der Waals surface area contributed by atoms with Crippen LogP contribution in [0.15, 0.2) is 29.6 Å². The van der Waals surface area contributed by atoms with Gasteiger partial charge in [-0.1, -0.05) is 31.7 Å². The van der Waals surface area contributed by atoms with Crippen molar-refractivity contribution in [3.05, 3.63) is 24.4 Å². The Hall–Kier alpha value is -1.07. The van der Waals surface area contributed by atoms with E-state index in [0.717, 1.165) is 29.1 Å². The fourth-order valence-corrected chi connectivity index (χ4v) is 4.24. The molecule has 0 saturated heterocycles. The molecule has 0 aromatic carbocycles. The molecule has 0 aliphatic heterocycles. The van der Waals surface area contributed by atoms with Crippen molar-refractivity contribution in [2.75, 3.05) is 0 Å². The van der Waals surface area contributed by atoms with Gasteiger partial charge in [-0.3, -0.25) is 4.40 Å². The molecule has 0 amide bonds. The molecule has 3 unspecified atom stereocenters. The van der Waals surface area contributed by atoms with E-state index in [-0.39, 0.29) is 6.04 Å². The molecule has 1 saturated carbocycles. The smallest absolute Gasteiger partial charge is 0.195 e. The number of nitrogens with two attached hydrogens (primary N) is 1. The normalized spacial score (nSPS) is 27.3. The number of hydrogen-bond donors (Lipinski definition) is 1.